The van der Waals surface area contributed by atoms with E-state index in [0.717, 1.165) is 0 Å². The van der Waals surface area contributed by atoms with Crippen LogP contribution in [0.3, 0.4) is 0 Å². The Hall–Kier alpha value is -0.850. The van der Waals surface area contributed by atoms with Gasteiger partial charge in [-0.15, -0.1) is 0 Å². The van der Waals surface area contributed by atoms with Gasteiger partial charge in [0.1, 0.15) is 5.82 Å². The van der Waals surface area contributed by atoms with Crippen molar-refractivity contribution < 1.29 is 4.39 Å². The maximum absolute atomic E-state index is 12.9. The average Bonchev–Trinajstić information content (AvgIpc) is 2.75. The van der Waals surface area contributed by atoms with E-state index in [4.69, 9.17) is 0 Å². The third-order valence-corrected chi connectivity index (χ3v) is 2.85. The Morgan fingerprint density at radius 1 is 1.33 bits per heavy atom. The topological polar surface area (TPSA) is 0 Å². The monoisotopic (exact) mass is 164 g/mol. The van der Waals surface area contributed by atoms with Crippen LogP contribution in [0.4, 0.5) is 4.39 Å². The molecule has 0 N–H and O–H groups in total. The quantitative estimate of drug-likeness (QED) is 0.598. The zero-order chi connectivity index (χ0) is 8.77. The van der Waals surface area contributed by atoms with Gasteiger partial charge < -0.3 is 0 Å². The van der Waals surface area contributed by atoms with E-state index >= 15 is 0 Å². The summed E-state index contributed by atoms with van der Waals surface area (Å²) < 4.78 is 12.9. The van der Waals surface area contributed by atoms with Crippen LogP contribution < -0.4 is 0 Å². The van der Waals surface area contributed by atoms with Crippen LogP contribution in [0.1, 0.15) is 30.9 Å². The van der Waals surface area contributed by atoms with Gasteiger partial charge in [-0.1, -0.05) is 13.0 Å². The van der Waals surface area contributed by atoms with Gasteiger partial charge in [-0.05, 0) is 48.4 Å². The highest BCUT2D eigenvalue weighted by molar-refractivity contribution is 5.37. The molecule has 0 spiro atoms. The van der Waals surface area contributed by atoms with E-state index in [0.29, 0.717) is 0 Å². The maximum Gasteiger partial charge on any atom is 0.123 e. The summed E-state index contributed by atoms with van der Waals surface area (Å²) in [7, 11) is 0. The molecule has 1 saturated carbocycles. The summed E-state index contributed by atoms with van der Waals surface area (Å²) in [4.78, 5) is 0. The molecule has 1 aliphatic carbocycles. The summed E-state index contributed by atoms with van der Waals surface area (Å²) in [6.07, 6.45) is 2.41. The van der Waals surface area contributed by atoms with E-state index in [9.17, 15) is 4.39 Å². The molecule has 1 fully saturated rings. The SMILES string of the molecule is Cc1ccc(F)cc1C1(C)CC1. The molecule has 12 heavy (non-hydrogen) atoms. The van der Waals surface area contributed by atoms with Gasteiger partial charge in [0.05, 0.1) is 0 Å². The van der Waals surface area contributed by atoms with E-state index in [1.165, 1.54) is 30.0 Å². The zero-order valence-corrected chi connectivity index (χ0v) is 7.52. The normalized spacial score (nSPS) is 19.2. The van der Waals surface area contributed by atoms with Crippen LogP contribution in [-0.2, 0) is 5.41 Å². The molecule has 1 aromatic carbocycles. The molecular formula is C11H13F. The lowest BCUT2D eigenvalue weighted by atomic mass is 9.94. The third-order valence-electron chi connectivity index (χ3n) is 2.85. The van der Waals surface area contributed by atoms with Crippen LogP contribution in [0.2, 0.25) is 0 Å². The second-order valence-electron chi connectivity index (χ2n) is 4.02. The van der Waals surface area contributed by atoms with Crippen LogP contribution in [-0.4, -0.2) is 0 Å². The molecule has 0 unspecified atom stereocenters. The lowest BCUT2D eigenvalue weighted by Crippen LogP contribution is -2.02. The van der Waals surface area contributed by atoms with Crippen LogP contribution >= 0.6 is 0 Å². The molecule has 0 heterocycles. The van der Waals surface area contributed by atoms with Crippen LogP contribution in [0, 0.1) is 12.7 Å². The van der Waals surface area contributed by atoms with E-state index in [2.05, 4.69) is 13.8 Å². The fourth-order valence-electron chi connectivity index (χ4n) is 1.70. The lowest BCUT2D eigenvalue weighted by Gasteiger charge is -2.11. The highest BCUT2D eigenvalue weighted by atomic mass is 19.1. The summed E-state index contributed by atoms with van der Waals surface area (Å²) in [6.45, 7) is 4.26. The number of hydrogen-bond acceptors (Lipinski definition) is 0. The van der Waals surface area contributed by atoms with Gasteiger partial charge in [0, 0.05) is 0 Å². The highest BCUT2D eigenvalue weighted by Gasteiger charge is 2.40. The first kappa shape index (κ1) is 7.78. The van der Waals surface area contributed by atoms with Crippen molar-refractivity contribution in [2.24, 2.45) is 0 Å². The minimum Gasteiger partial charge on any atom is -0.207 e. The highest BCUT2D eigenvalue weighted by Crippen LogP contribution is 2.48. The van der Waals surface area contributed by atoms with Crippen molar-refractivity contribution in [1.82, 2.24) is 0 Å². The number of hydrogen-bond donors (Lipinski definition) is 0. The second-order valence-corrected chi connectivity index (χ2v) is 4.02. The van der Waals surface area contributed by atoms with Gasteiger partial charge >= 0.3 is 0 Å². The van der Waals surface area contributed by atoms with Crippen molar-refractivity contribution in [2.45, 2.75) is 32.1 Å². The van der Waals surface area contributed by atoms with E-state index < -0.39 is 0 Å². The van der Waals surface area contributed by atoms with Crippen molar-refractivity contribution in [3.8, 4) is 0 Å². The number of rotatable bonds is 1. The molecule has 0 bridgehead atoms. The van der Waals surface area contributed by atoms with E-state index in [1.807, 2.05) is 6.07 Å². The molecule has 2 rings (SSSR count). The van der Waals surface area contributed by atoms with Crippen molar-refractivity contribution in [2.75, 3.05) is 0 Å². The van der Waals surface area contributed by atoms with Gasteiger partial charge in [-0.3, -0.25) is 0 Å². The molecular weight excluding hydrogens is 151 g/mol. The number of benzene rings is 1. The van der Waals surface area contributed by atoms with Crippen LogP contribution in [0.25, 0.3) is 0 Å². The van der Waals surface area contributed by atoms with Crippen molar-refractivity contribution in [3.63, 3.8) is 0 Å². The summed E-state index contributed by atoms with van der Waals surface area (Å²) in [6, 6.07) is 5.08. The van der Waals surface area contributed by atoms with Gasteiger partial charge in [-0.2, -0.15) is 0 Å². The van der Waals surface area contributed by atoms with Gasteiger partial charge in [0.2, 0.25) is 0 Å². The maximum atomic E-state index is 12.9. The molecule has 0 atom stereocenters. The first-order valence-electron chi connectivity index (χ1n) is 4.38. The van der Waals surface area contributed by atoms with Gasteiger partial charge in [-0.25, -0.2) is 4.39 Å². The molecule has 0 amide bonds. The minimum atomic E-state index is -0.108. The molecule has 1 aromatic rings. The molecule has 64 valence electrons. The summed E-state index contributed by atoms with van der Waals surface area (Å²) in [5.41, 5.74) is 2.70. The third kappa shape index (κ3) is 1.13. The number of aryl methyl sites for hydroxylation is 1. The predicted octanol–water partition coefficient (Wildman–Crippen LogP) is 3.19. The smallest absolute Gasteiger partial charge is 0.123 e. The second kappa shape index (κ2) is 2.32. The molecule has 1 heteroatoms. The molecule has 0 aliphatic heterocycles. The predicted molar refractivity (Wildman–Crippen MR) is 47.7 cm³/mol. The van der Waals surface area contributed by atoms with Crippen molar-refractivity contribution in [3.05, 3.63) is 35.1 Å². The number of halogens is 1. The van der Waals surface area contributed by atoms with Crippen molar-refractivity contribution >= 4 is 0 Å². The molecule has 0 nitrogen and oxygen atoms in total. The van der Waals surface area contributed by atoms with E-state index in [1.54, 1.807) is 6.07 Å². The first-order valence-corrected chi connectivity index (χ1v) is 4.38. The van der Waals surface area contributed by atoms with Crippen molar-refractivity contribution in [1.29, 1.82) is 0 Å². The Balaban J connectivity index is 2.48. The van der Waals surface area contributed by atoms with E-state index in [-0.39, 0.29) is 11.2 Å². The Morgan fingerprint density at radius 3 is 2.58 bits per heavy atom. The van der Waals surface area contributed by atoms with Crippen LogP contribution in [0.15, 0.2) is 18.2 Å². The fraction of sp³-hybridized carbons (Fsp3) is 0.455. The molecule has 0 saturated heterocycles. The zero-order valence-electron chi connectivity index (χ0n) is 7.52. The van der Waals surface area contributed by atoms with Crippen LogP contribution in [0.5, 0.6) is 0 Å². The Bertz CT molecular complexity index is 311. The summed E-state index contributed by atoms with van der Waals surface area (Å²) in [5.74, 6) is -0.108. The molecule has 1 aliphatic rings. The molecule has 0 aromatic heterocycles. The standard InChI is InChI=1S/C11H13F/c1-8-3-4-9(12)7-10(8)11(2)5-6-11/h3-4,7H,5-6H2,1-2H3. The van der Waals surface area contributed by atoms with Gasteiger partial charge in [0.15, 0.2) is 0 Å². The van der Waals surface area contributed by atoms with Gasteiger partial charge in [0.25, 0.3) is 0 Å². The largest absolute Gasteiger partial charge is 0.207 e. The lowest BCUT2D eigenvalue weighted by molar-refractivity contribution is 0.619. The summed E-state index contributed by atoms with van der Waals surface area (Å²) in [5, 5.41) is 0. The Morgan fingerprint density at radius 2 is 2.00 bits per heavy atom. The Kier molecular flexibility index (Phi) is 1.50. The fourth-order valence-corrected chi connectivity index (χ4v) is 1.70. The minimum absolute atomic E-state index is 0.108. The average molecular weight is 164 g/mol. The molecule has 0 radical (unpaired) electrons. The summed E-state index contributed by atoms with van der Waals surface area (Å²) >= 11 is 0. The first-order chi connectivity index (χ1) is 5.62. The Labute approximate surface area is 72.4 Å².